The summed E-state index contributed by atoms with van der Waals surface area (Å²) in [6.45, 7) is 12.2. The van der Waals surface area contributed by atoms with E-state index in [4.69, 9.17) is 54.1 Å². The third kappa shape index (κ3) is 6.43. The van der Waals surface area contributed by atoms with Crippen LogP contribution < -0.4 is 10.5 Å². The molecule has 0 radical (unpaired) electrons. The van der Waals surface area contributed by atoms with E-state index in [1.165, 1.54) is 18.0 Å². The van der Waals surface area contributed by atoms with Gasteiger partial charge in [-0.25, -0.2) is 14.8 Å². The highest BCUT2D eigenvalue weighted by Crippen LogP contribution is 2.42. The number of pyridine rings is 1. The minimum atomic E-state index is -0.625. The van der Waals surface area contributed by atoms with Crippen molar-refractivity contribution in [3.8, 4) is 34.4 Å². The van der Waals surface area contributed by atoms with Crippen LogP contribution in [0.2, 0.25) is 10.0 Å². The maximum Gasteiger partial charge on any atom is 0.236 e. The highest BCUT2D eigenvalue weighted by Gasteiger charge is 2.33. The van der Waals surface area contributed by atoms with Crippen molar-refractivity contribution in [1.29, 1.82) is 5.26 Å². The number of ether oxygens (including phenoxy) is 3. The molecule has 208 valence electrons. The largest absolute Gasteiger partial charge is 0.491 e. The van der Waals surface area contributed by atoms with Gasteiger partial charge in [-0.3, -0.25) is 0 Å². The highest BCUT2D eigenvalue weighted by atomic mass is 35.5. The van der Waals surface area contributed by atoms with Crippen molar-refractivity contribution in [3.63, 3.8) is 0 Å². The van der Waals surface area contributed by atoms with Gasteiger partial charge in [-0.05, 0) is 49.7 Å². The Balaban J connectivity index is 1.35. The second-order valence-electron chi connectivity index (χ2n) is 9.47. The van der Waals surface area contributed by atoms with Crippen molar-refractivity contribution in [2.24, 2.45) is 0 Å². The molecule has 0 amide bonds. The molecule has 2 aromatic heterocycles. The first-order valence-corrected chi connectivity index (χ1v) is 14.1. The van der Waals surface area contributed by atoms with Gasteiger partial charge in [0.25, 0.3) is 0 Å². The van der Waals surface area contributed by atoms with Gasteiger partial charge in [-0.2, -0.15) is 5.26 Å². The number of thioether (sulfide) groups is 1. The van der Waals surface area contributed by atoms with E-state index in [-0.39, 0.29) is 23.2 Å². The van der Waals surface area contributed by atoms with Crippen LogP contribution in [0.25, 0.3) is 27.4 Å². The van der Waals surface area contributed by atoms with E-state index in [1.807, 2.05) is 13.8 Å². The number of nitrogen functional groups attached to an aromatic ring is 1. The Kier molecular flexibility index (Phi) is 8.41. The topological polar surface area (TPSA) is 121 Å². The fourth-order valence-electron chi connectivity index (χ4n) is 4.20. The van der Waals surface area contributed by atoms with Crippen molar-refractivity contribution in [3.05, 3.63) is 81.4 Å². The first-order chi connectivity index (χ1) is 19.7. The molecule has 41 heavy (non-hydrogen) atoms. The van der Waals surface area contributed by atoms with Crippen molar-refractivity contribution < 1.29 is 18.6 Å². The van der Waals surface area contributed by atoms with Gasteiger partial charge in [0.05, 0.1) is 34.5 Å². The van der Waals surface area contributed by atoms with Crippen molar-refractivity contribution >= 4 is 46.5 Å². The fraction of sp³-hybridized carbons (Fsp3) is 0.241. The predicted octanol–water partition coefficient (Wildman–Crippen LogP) is 7.54. The van der Waals surface area contributed by atoms with E-state index in [2.05, 4.69) is 20.9 Å². The molecule has 0 aliphatic carbocycles. The van der Waals surface area contributed by atoms with E-state index in [1.54, 1.807) is 42.5 Å². The summed E-state index contributed by atoms with van der Waals surface area (Å²) in [6.07, 6.45) is 1.35. The average molecular weight is 609 g/mol. The van der Waals surface area contributed by atoms with E-state index in [9.17, 15) is 5.26 Å². The first kappa shape index (κ1) is 28.7. The van der Waals surface area contributed by atoms with Crippen LogP contribution >= 0.6 is 35.0 Å². The molecule has 0 saturated carbocycles. The molecule has 2 N–H and O–H groups in total. The number of anilines is 1. The van der Waals surface area contributed by atoms with E-state index in [0.717, 1.165) is 0 Å². The maximum atomic E-state index is 10.1. The third-order valence-electron chi connectivity index (χ3n) is 6.11. The summed E-state index contributed by atoms with van der Waals surface area (Å²) in [5.74, 6) is 0.757. The van der Waals surface area contributed by atoms with E-state index < -0.39 is 5.79 Å². The van der Waals surface area contributed by atoms with Gasteiger partial charge in [0.15, 0.2) is 5.79 Å². The smallest absolute Gasteiger partial charge is 0.236 e. The number of benzene rings is 2. The monoisotopic (exact) mass is 607 g/mol. The molecular formula is C29H23Cl2N5O4S. The molecule has 4 aromatic rings. The van der Waals surface area contributed by atoms with Crippen molar-refractivity contribution in [2.75, 3.05) is 18.9 Å². The summed E-state index contributed by atoms with van der Waals surface area (Å²) in [6, 6.07) is 14.4. The summed E-state index contributed by atoms with van der Waals surface area (Å²) >= 11 is 13.4. The molecule has 0 unspecified atom stereocenters. The molecule has 1 saturated heterocycles. The normalized spacial score (nSPS) is 15.8. The van der Waals surface area contributed by atoms with E-state index >= 15 is 0 Å². The molecule has 1 aliphatic rings. The van der Waals surface area contributed by atoms with Gasteiger partial charge >= 0.3 is 0 Å². The maximum absolute atomic E-state index is 10.1. The fourth-order valence-corrected chi connectivity index (χ4v) is 5.37. The van der Waals surface area contributed by atoms with Crippen LogP contribution in [0.1, 0.15) is 25.1 Å². The Morgan fingerprint density at radius 2 is 1.93 bits per heavy atom. The minimum absolute atomic E-state index is 0.0365. The summed E-state index contributed by atoms with van der Waals surface area (Å²) in [5.41, 5.74) is 8.90. The van der Waals surface area contributed by atoms with Crippen LogP contribution in [0, 0.1) is 17.9 Å². The molecule has 1 atom stereocenters. The second kappa shape index (κ2) is 12.0. The lowest BCUT2D eigenvalue weighted by Gasteiger charge is -2.17. The zero-order chi connectivity index (χ0) is 29.1. The summed E-state index contributed by atoms with van der Waals surface area (Å²) < 4.78 is 22.8. The highest BCUT2D eigenvalue weighted by molar-refractivity contribution is 7.98. The zero-order valence-corrected chi connectivity index (χ0v) is 24.3. The average Bonchev–Trinajstić information content (AvgIpc) is 3.58. The number of nitriles is 1. The molecule has 2 aromatic carbocycles. The molecule has 0 bridgehead atoms. The number of hydrogen-bond donors (Lipinski definition) is 1. The van der Waals surface area contributed by atoms with Gasteiger partial charge in [0.2, 0.25) is 11.6 Å². The second-order valence-corrected chi connectivity index (χ2v) is 11.3. The molecule has 12 heteroatoms. The molecule has 0 spiro atoms. The number of aromatic nitrogens is 2. The van der Waals surface area contributed by atoms with Crippen LogP contribution in [0.3, 0.4) is 0 Å². The number of nitrogens with zero attached hydrogens (tertiary/aromatic N) is 4. The molecule has 1 fully saturated rings. The third-order valence-corrected chi connectivity index (χ3v) is 7.86. The number of rotatable bonds is 8. The SMILES string of the molecule is [C-]#[N+]c1c(N)nc(SCc2coc(-c3ccc(Cl)c(Cl)c3)n2)c(C#N)c1-c1ccc(OC[C@@H]2COC(C)(C)O2)cc1. The Labute approximate surface area is 251 Å². The van der Waals surface area contributed by atoms with Gasteiger partial charge in [0, 0.05) is 16.9 Å². The zero-order valence-electron chi connectivity index (χ0n) is 22.0. The van der Waals surface area contributed by atoms with Gasteiger partial charge < -0.3 is 24.4 Å². The number of nitrogens with two attached hydrogens (primary N) is 1. The van der Waals surface area contributed by atoms with Crippen LogP contribution in [0.5, 0.6) is 5.75 Å². The van der Waals surface area contributed by atoms with Crippen LogP contribution in [-0.2, 0) is 15.2 Å². The van der Waals surface area contributed by atoms with E-state index in [0.29, 0.717) is 68.1 Å². The van der Waals surface area contributed by atoms with Crippen molar-refractivity contribution in [2.45, 2.75) is 36.5 Å². The lowest BCUT2D eigenvalue weighted by Crippen LogP contribution is -2.25. The lowest BCUT2D eigenvalue weighted by molar-refractivity contribution is -0.141. The Morgan fingerprint density at radius 3 is 2.59 bits per heavy atom. The molecule has 3 heterocycles. The molecule has 1 aliphatic heterocycles. The summed E-state index contributed by atoms with van der Waals surface area (Å²) in [5, 5.41) is 11.3. The van der Waals surface area contributed by atoms with Gasteiger partial charge in [0.1, 0.15) is 41.6 Å². The molecule has 5 rings (SSSR count). The van der Waals surface area contributed by atoms with Crippen LogP contribution in [-0.4, -0.2) is 35.1 Å². The molecule has 9 nitrogen and oxygen atoms in total. The summed E-state index contributed by atoms with van der Waals surface area (Å²) in [7, 11) is 0. The minimum Gasteiger partial charge on any atom is -0.491 e. The standard InChI is InChI=1S/C29H23Cl2N5O4S/c1-29(2)39-14-20(40-29)13-37-19-7-4-16(5-8-19)24-21(11-32)28(36-26(33)25(24)34-3)41-15-18-12-38-27(35-18)17-6-9-22(30)23(31)10-17/h4-10,12,20H,13-15H2,1-2H3,(H2,33,36)/t20-/m1/s1. The number of oxazole rings is 1. The quantitative estimate of drug-likeness (QED) is 0.160. The Morgan fingerprint density at radius 1 is 1.17 bits per heavy atom. The Hall–Kier alpha value is -3.77. The van der Waals surface area contributed by atoms with Gasteiger partial charge in [-0.15, -0.1) is 0 Å². The molecular weight excluding hydrogens is 585 g/mol. The number of halogens is 2. The summed E-state index contributed by atoms with van der Waals surface area (Å²) in [4.78, 5) is 12.5. The Bertz CT molecular complexity index is 1680. The van der Waals surface area contributed by atoms with Crippen LogP contribution in [0.4, 0.5) is 11.5 Å². The number of hydrogen-bond acceptors (Lipinski definition) is 9. The van der Waals surface area contributed by atoms with Crippen molar-refractivity contribution in [1.82, 2.24) is 9.97 Å². The van der Waals surface area contributed by atoms with Crippen LogP contribution in [0.15, 0.2) is 58.2 Å². The predicted molar refractivity (Wildman–Crippen MR) is 157 cm³/mol. The first-order valence-electron chi connectivity index (χ1n) is 12.4. The van der Waals surface area contributed by atoms with Gasteiger partial charge in [-0.1, -0.05) is 47.1 Å². The lowest BCUT2D eigenvalue weighted by atomic mass is 10.00.